The standard InChI is InChI=1S/C27H34N4O4S/c1-4-19(28)26(34)31-15-22(32)24-21(31)11-12-30(24)27(35)20(14-16(2)3)29-25(33)18-9-7-17(8-10-18)23-6-5-13-36-23/h5-10,13,16,19-21,24H,4,11-12,14-15,28H2,1-3H3,(H,29,33). The highest BCUT2D eigenvalue weighted by atomic mass is 32.1. The predicted octanol–water partition coefficient (Wildman–Crippen LogP) is 2.68. The Morgan fingerprint density at radius 1 is 1.11 bits per heavy atom. The molecule has 36 heavy (non-hydrogen) atoms. The number of nitrogens with one attached hydrogen (secondary N) is 1. The zero-order valence-electron chi connectivity index (χ0n) is 21.0. The summed E-state index contributed by atoms with van der Waals surface area (Å²) >= 11 is 1.63. The average molecular weight is 511 g/mol. The smallest absolute Gasteiger partial charge is 0.251 e. The molecule has 9 heteroatoms. The van der Waals surface area contributed by atoms with Crippen LogP contribution in [0.15, 0.2) is 41.8 Å². The number of ketones is 1. The normalized spacial score (nSPS) is 21.0. The van der Waals surface area contributed by atoms with Gasteiger partial charge in [-0.05, 0) is 54.3 Å². The number of nitrogens with zero attached hydrogens (tertiary/aromatic N) is 2. The Labute approximate surface area is 215 Å². The minimum atomic E-state index is -0.760. The van der Waals surface area contributed by atoms with Gasteiger partial charge in [0, 0.05) is 17.0 Å². The molecule has 2 fully saturated rings. The van der Waals surface area contributed by atoms with E-state index in [0.29, 0.717) is 31.4 Å². The van der Waals surface area contributed by atoms with Gasteiger partial charge in [-0.25, -0.2) is 0 Å². The number of benzene rings is 1. The molecular formula is C27H34N4O4S. The number of Topliss-reactive ketones (excluding diaryl/α,β-unsaturated/α-hetero) is 1. The molecule has 0 aliphatic carbocycles. The van der Waals surface area contributed by atoms with Crippen molar-refractivity contribution in [2.45, 2.75) is 64.2 Å². The molecule has 2 aliphatic rings. The summed E-state index contributed by atoms with van der Waals surface area (Å²) in [5.41, 5.74) is 7.44. The molecule has 8 nitrogen and oxygen atoms in total. The fourth-order valence-corrected chi connectivity index (χ4v) is 5.84. The lowest BCUT2D eigenvalue weighted by Crippen LogP contribution is -2.53. The van der Waals surface area contributed by atoms with Gasteiger partial charge in [0.15, 0.2) is 5.78 Å². The van der Waals surface area contributed by atoms with E-state index in [2.05, 4.69) is 5.32 Å². The minimum absolute atomic E-state index is 0.0244. The van der Waals surface area contributed by atoms with Gasteiger partial charge in [0.1, 0.15) is 12.1 Å². The molecule has 4 rings (SSSR count). The van der Waals surface area contributed by atoms with Crippen LogP contribution in [-0.4, -0.2) is 70.6 Å². The van der Waals surface area contributed by atoms with Gasteiger partial charge < -0.3 is 20.9 Å². The number of hydrogen-bond donors (Lipinski definition) is 2. The Hall–Kier alpha value is -3.04. The summed E-state index contributed by atoms with van der Waals surface area (Å²) in [7, 11) is 0. The van der Waals surface area contributed by atoms with Gasteiger partial charge >= 0.3 is 0 Å². The molecule has 1 aromatic heterocycles. The first-order valence-electron chi connectivity index (χ1n) is 12.5. The molecule has 192 valence electrons. The van der Waals surface area contributed by atoms with Crippen LogP contribution in [-0.2, 0) is 14.4 Å². The highest BCUT2D eigenvalue weighted by Crippen LogP contribution is 2.31. The van der Waals surface area contributed by atoms with Gasteiger partial charge in [0.2, 0.25) is 11.8 Å². The van der Waals surface area contributed by atoms with Crippen molar-refractivity contribution in [1.29, 1.82) is 0 Å². The number of rotatable bonds is 8. The van der Waals surface area contributed by atoms with E-state index in [9.17, 15) is 19.2 Å². The van der Waals surface area contributed by atoms with E-state index in [4.69, 9.17) is 5.73 Å². The van der Waals surface area contributed by atoms with Crippen LogP contribution in [0.1, 0.15) is 50.4 Å². The monoisotopic (exact) mass is 510 g/mol. The average Bonchev–Trinajstić information content (AvgIpc) is 3.61. The summed E-state index contributed by atoms with van der Waals surface area (Å²) in [6.07, 6.45) is 1.46. The first kappa shape index (κ1) is 26.0. The maximum absolute atomic E-state index is 13.6. The lowest BCUT2D eigenvalue weighted by atomic mass is 10.0. The molecule has 3 N–H and O–H groups in total. The van der Waals surface area contributed by atoms with Crippen LogP contribution < -0.4 is 11.1 Å². The number of nitrogens with two attached hydrogens (primary N) is 1. The summed E-state index contributed by atoms with van der Waals surface area (Å²) in [4.78, 5) is 56.6. The molecule has 3 amide bonds. The van der Waals surface area contributed by atoms with Gasteiger partial charge in [-0.15, -0.1) is 11.3 Å². The molecule has 4 atom stereocenters. The molecule has 4 unspecified atom stereocenters. The number of fused-ring (bicyclic) bond motifs is 1. The van der Waals surface area contributed by atoms with Crippen molar-refractivity contribution < 1.29 is 19.2 Å². The van der Waals surface area contributed by atoms with Gasteiger partial charge in [-0.2, -0.15) is 0 Å². The van der Waals surface area contributed by atoms with Gasteiger partial charge in [0.05, 0.1) is 18.6 Å². The van der Waals surface area contributed by atoms with Gasteiger partial charge in [0.25, 0.3) is 5.91 Å². The molecule has 2 aromatic rings. The highest BCUT2D eigenvalue weighted by molar-refractivity contribution is 7.13. The first-order chi connectivity index (χ1) is 17.2. The van der Waals surface area contributed by atoms with Crippen molar-refractivity contribution in [3.8, 4) is 10.4 Å². The molecule has 1 aromatic carbocycles. The second kappa shape index (κ2) is 10.9. The maximum atomic E-state index is 13.6. The SMILES string of the molecule is CCC(N)C(=O)N1CC(=O)C2C1CCN2C(=O)C(CC(C)C)NC(=O)c1ccc(-c2cccs2)cc1. The van der Waals surface area contributed by atoms with E-state index >= 15 is 0 Å². The zero-order valence-corrected chi connectivity index (χ0v) is 21.8. The van der Waals surface area contributed by atoms with Crippen molar-refractivity contribution in [2.24, 2.45) is 11.7 Å². The molecule has 2 aliphatic heterocycles. The van der Waals surface area contributed by atoms with Crippen LogP contribution in [0, 0.1) is 5.92 Å². The van der Waals surface area contributed by atoms with Crippen LogP contribution in [0.3, 0.4) is 0 Å². The Bertz CT molecular complexity index is 1120. The maximum Gasteiger partial charge on any atom is 0.251 e. The van der Waals surface area contributed by atoms with E-state index in [0.717, 1.165) is 10.4 Å². The zero-order chi connectivity index (χ0) is 26.0. The van der Waals surface area contributed by atoms with E-state index < -0.39 is 18.1 Å². The second-order valence-corrected chi connectivity index (χ2v) is 10.9. The fraction of sp³-hybridized carbons (Fsp3) is 0.481. The topological polar surface area (TPSA) is 113 Å². The van der Waals surface area contributed by atoms with Crippen LogP contribution >= 0.6 is 11.3 Å². The van der Waals surface area contributed by atoms with Crippen molar-refractivity contribution in [3.05, 3.63) is 47.3 Å². The number of amides is 3. The summed E-state index contributed by atoms with van der Waals surface area (Å²) in [5, 5.41) is 4.92. The van der Waals surface area contributed by atoms with Gasteiger partial charge in [-0.1, -0.05) is 39.0 Å². The number of hydrogen-bond acceptors (Lipinski definition) is 6. The summed E-state index contributed by atoms with van der Waals surface area (Å²) < 4.78 is 0. The Balaban J connectivity index is 1.48. The Morgan fingerprint density at radius 3 is 2.44 bits per heavy atom. The number of carbonyl (C=O) groups excluding carboxylic acids is 4. The van der Waals surface area contributed by atoms with Crippen molar-refractivity contribution >= 4 is 34.8 Å². The lowest BCUT2D eigenvalue weighted by Gasteiger charge is -2.29. The molecule has 0 saturated carbocycles. The summed E-state index contributed by atoms with van der Waals surface area (Å²) in [6.45, 7) is 6.15. The third-order valence-electron chi connectivity index (χ3n) is 7.01. The lowest BCUT2D eigenvalue weighted by molar-refractivity contribution is -0.138. The predicted molar refractivity (Wildman–Crippen MR) is 139 cm³/mol. The number of likely N-dealkylation sites (tertiary alicyclic amines) is 2. The third-order valence-corrected chi connectivity index (χ3v) is 7.93. The van der Waals surface area contributed by atoms with Gasteiger partial charge in [-0.3, -0.25) is 19.2 Å². The van der Waals surface area contributed by atoms with E-state index in [1.807, 2.05) is 50.4 Å². The minimum Gasteiger partial charge on any atom is -0.340 e. The van der Waals surface area contributed by atoms with E-state index in [1.165, 1.54) is 0 Å². The molecular weight excluding hydrogens is 476 g/mol. The van der Waals surface area contributed by atoms with Crippen LogP contribution in [0.25, 0.3) is 10.4 Å². The van der Waals surface area contributed by atoms with E-state index in [1.54, 1.807) is 33.3 Å². The largest absolute Gasteiger partial charge is 0.340 e. The third kappa shape index (κ3) is 5.22. The molecule has 2 saturated heterocycles. The number of thiophene rings is 1. The number of carbonyl (C=O) groups is 4. The summed E-state index contributed by atoms with van der Waals surface area (Å²) in [6, 6.07) is 8.87. The van der Waals surface area contributed by atoms with Crippen LogP contribution in [0.2, 0.25) is 0 Å². The first-order valence-corrected chi connectivity index (χ1v) is 13.4. The fourth-order valence-electron chi connectivity index (χ4n) is 5.11. The molecule has 0 radical (unpaired) electrons. The highest BCUT2D eigenvalue weighted by Gasteiger charge is 2.52. The van der Waals surface area contributed by atoms with Crippen molar-refractivity contribution in [3.63, 3.8) is 0 Å². The Kier molecular flexibility index (Phi) is 7.90. The van der Waals surface area contributed by atoms with Crippen LogP contribution in [0.4, 0.5) is 0 Å². The van der Waals surface area contributed by atoms with Crippen LogP contribution in [0.5, 0.6) is 0 Å². The van der Waals surface area contributed by atoms with Crippen molar-refractivity contribution in [2.75, 3.05) is 13.1 Å². The second-order valence-electron chi connectivity index (χ2n) is 9.99. The molecule has 0 bridgehead atoms. The molecule has 0 spiro atoms. The summed E-state index contributed by atoms with van der Waals surface area (Å²) in [5.74, 6) is -0.848. The van der Waals surface area contributed by atoms with E-state index in [-0.39, 0.29) is 42.0 Å². The quantitative estimate of drug-likeness (QED) is 0.567. The van der Waals surface area contributed by atoms with Crippen molar-refractivity contribution in [1.82, 2.24) is 15.1 Å². The molecule has 3 heterocycles. The Morgan fingerprint density at radius 2 is 1.83 bits per heavy atom.